The Kier molecular flexibility index (Phi) is 6.52. The van der Waals surface area contributed by atoms with Gasteiger partial charge < -0.3 is 15.8 Å². The highest BCUT2D eigenvalue weighted by molar-refractivity contribution is 5.80. The van der Waals surface area contributed by atoms with Gasteiger partial charge in [-0.25, -0.2) is 0 Å². The number of aryl methyl sites for hydroxylation is 1. The molecular formula is C16H26N2O2. The third-order valence-electron chi connectivity index (χ3n) is 2.92. The van der Waals surface area contributed by atoms with Crippen molar-refractivity contribution in [1.29, 1.82) is 0 Å². The Hall–Kier alpha value is -1.55. The molecular weight excluding hydrogens is 252 g/mol. The van der Waals surface area contributed by atoms with E-state index < -0.39 is 6.10 Å². The summed E-state index contributed by atoms with van der Waals surface area (Å²) < 4.78 is 5.62. The van der Waals surface area contributed by atoms with Crippen LogP contribution in [0.2, 0.25) is 0 Å². The molecule has 3 N–H and O–H groups in total. The quantitative estimate of drug-likeness (QED) is 0.804. The van der Waals surface area contributed by atoms with Gasteiger partial charge in [0.1, 0.15) is 5.75 Å². The average Bonchev–Trinajstić information content (AvgIpc) is 2.37. The second kappa shape index (κ2) is 7.90. The van der Waals surface area contributed by atoms with Gasteiger partial charge in [-0.05, 0) is 58.2 Å². The van der Waals surface area contributed by atoms with Crippen molar-refractivity contribution in [2.75, 3.05) is 0 Å². The summed E-state index contributed by atoms with van der Waals surface area (Å²) in [7, 11) is 0. The first-order valence-corrected chi connectivity index (χ1v) is 7.20. The molecule has 0 heterocycles. The van der Waals surface area contributed by atoms with Crippen LogP contribution in [-0.2, 0) is 11.2 Å². The smallest absolute Gasteiger partial charge is 0.260 e. The summed E-state index contributed by atoms with van der Waals surface area (Å²) in [6.45, 7) is 7.62. The van der Waals surface area contributed by atoms with Crippen molar-refractivity contribution < 1.29 is 9.53 Å². The van der Waals surface area contributed by atoms with Gasteiger partial charge in [0.2, 0.25) is 0 Å². The molecule has 0 spiro atoms. The summed E-state index contributed by atoms with van der Waals surface area (Å²) in [5, 5.41) is 2.83. The highest BCUT2D eigenvalue weighted by Gasteiger charge is 2.15. The highest BCUT2D eigenvalue weighted by Crippen LogP contribution is 2.15. The zero-order valence-corrected chi connectivity index (χ0v) is 12.8. The standard InChI is InChI=1S/C16H26N2O2/c1-11(2)18-16(19)13(4)20-15-9-7-14(8-10-15)6-5-12(3)17/h7-13H,5-6,17H2,1-4H3,(H,18,19). The monoisotopic (exact) mass is 278 g/mol. The third-order valence-corrected chi connectivity index (χ3v) is 2.92. The van der Waals surface area contributed by atoms with Gasteiger partial charge in [0, 0.05) is 12.1 Å². The molecule has 0 radical (unpaired) electrons. The van der Waals surface area contributed by atoms with Gasteiger partial charge in [-0.2, -0.15) is 0 Å². The molecule has 1 amide bonds. The topological polar surface area (TPSA) is 64.3 Å². The van der Waals surface area contributed by atoms with E-state index in [2.05, 4.69) is 5.32 Å². The molecule has 0 fully saturated rings. The lowest BCUT2D eigenvalue weighted by Gasteiger charge is -2.16. The lowest BCUT2D eigenvalue weighted by molar-refractivity contribution is -0.127. The van der Waals surface area contributed by atoms with E-state index in [0.717, 1.165) is 12.8 Å². The van der Waals surface area contributed by atoms with Crippen LogP contribution in [0.1, 0.15) is 39.7 Å². The first-order chi connectivity index (χ1) is 9.38. The van der Waals surface area contributed by atoms with E-state index in [0.29, 0.717) is 5.75 Å². The van der Waals surface area contributed by atoms with Gasteiger partial charge >= 0.3 is 0 Å². The minimum Gasteiger partial charge on any atom is -0.481 e. The number of nitrogens with two attached hydrogens (primary N) is 1. The molecule has 2 atom stereocenters. The molecule has 0 aliphatic carbocycles. The Balaban J connectivity index is 2.50. The Morgan fingerprint density at radius 1 is 1.20 bits per heavy atom. The minimum atomic E-state index is -0.493. The van der Waals surface area contributed by atoms with Gasteiger partial charge in [0.15, 0.2) is 6.10 Å². The maximum absolute atomic E-state index is 11.8. The average molecular weight is 278 g/mol. The van der Waals surface area contributed by atoms with Crippen LogP contribution in [0.4, 0.5) is 0 Å². The molecule has 0 bridgehead atoms. The largest absolute Gasteiger partial charge is 0.481 e. The van der Waals surface area contributed by atoms with Crippen molar-refractivity contribution in [2.45, 2.75) is 58.7 Å². The molecule has 1 rings (SSSR count). The van der Waals surface area contributed by atoms with Crippen LogP contribution in [0.3, 0.4) is 0 Å². The summed E-state index contributed by atoms with van der Waals surface area (Å²) in [5.74, 6) is 0.613. The Morgan fingerprint density at radius 2 is 1.80 bits per heavy atom. The Morgan fingerprint density at radius 3 is 2.30 bits per heavy atom. The second-order valence-electron chi connectivity index (χ2n) is 5.58. The summed E-state index contributed by atoms with van der Waals surface area (Å²) in [5.41, 5.74) is 6.97. The first kappa shape index (κ1) is 16.5. The maximum Gasteiger partial charge on any atom is 0.260 e. The molecule has 0 aromatic heterocycles. The molecule has 0 saturated carbocycles. The number of hydrogen-bond donors (Lipinski definition) is 2. The highest BCUT2D eigenvalue weighted by atomic mass is 16.5. The summed E-state index contributed by atoms with van der Waals surface area (Å²) in [4.78, 5) is 11.8. The van der Waals surface area contributed by atoms with Gasteiger partial charge in [0.05, 0.1) is 0 Å². The predicted molar refractivity (Wildman–Crippen MR) is 81.8 cm³/mol. The van der Waals surface area contributed by atoms with Crippen molar-refractivity contribution in [1.82, 2.24) is 5.32 Å². The van der Waals surface area contributed by atoms with Gasteiger partial charge in [-0.3, -0.25) is 4.79 Å². The van der Waals surface area contributed by atoms with E-state index in [1.165, 1.54) is 5.56 Å². The number of amides is 1. The Labute approximate surface area is 121 Å². The lowest BCUT2D eigenvalue weighted by Crippen LogP contribution is -2.40. The first-order valence-electron chi connectivity index (χ1n) is 7.20. The summed E-state index contributed by atoms with van der Waals surface area (Å²) in [6, 6.07) is 8.17. The number of rotatable bonds is 7. The lowest BCUT2D eigenvalue weighted by atomic mass is 10.1. The fourth-order valence-electron chi connectivity index (χ4n) is 1.79. The van der Waals surface area contributed by atoms with Crippen molar-refractivity contribution in [2.24, 2.45) is 5.73 Å². The Bertz CT molecular complexity index is 413. The molecule has 1 aromatic rings. The fraction of sp³-hybridized carbons (Fsp3) is 0.562. The van der Waals surface area contributed by atoms with Crippen LogP contribution in [0.5, 0.6) is 5.75 Å². The zero-order valence-electron chi connectivity index (χ0n) is 12.8. The van der Waals surface area contributed by atoms with Crippen LogP contribution < -0.4 is 15.8 Å². The van der Waals surface area contributed by atoms with Crippen LogP contribution in [-0.4, -0.2) is 24.1 Å². The second-order valence-corrected chi connectivity index (χ2v) is 5.58. The molecule has 4 heteroatoms. The predicted octanol–water partition coefficient (Wildman–Crippen LogP) is 2.26. The minimum absolute atomic E-state index is 0.0963. The third kappa shape index (κ3) is 6.06. The van der Waals surface area contributed by atoms with Gasteiger partial charge in [-0.15, -0.1) is 0 Å². The van der Waals surface area contributed by atoms with E-state index >= 15 is 0 Å². The molecule has 2 unspecified atom stereocenters. The van der Waals surface area contributed by atoms with Crippen molar-refractivity contribution in [3.63, 3.8) is 0 Å². The summed E-state index contributed by atoms with van der Waals surface area (Å²) >= 11 is 0. The van der Waals surface area contributed by atoms with Crippen LogP contribution in [0.25, 0.3) is 0 Å². The fourth-order valence-corrected chi connectivity index (χ4v) is 1.79. The van der Waals surface area contributed by atoms with E-state index in [1.807, 2.05) is 45.0 Å². The van der Waals surface area contributed by atoms with Crippen LogP contribution >= 0.6 is 0 Å². The van der Waals surface area contributed by atoms with Crippen molar-refractivity contribution in [3.05, 3.63) is 29.8 Å². The number of hydrogen-bond acceptors (Lipinski definition) is 3. The van der Waals surface area contributed by atoms with Gasteiger partial charge in [0.25, 0.3) is 5.91 Å². The van der Waals surface area contributed by atoms with E-state index in [-0.39, 0.29) is 18.0 Å². The maximum atomic E-state index is 11.8. The van der Waals surface area contributed by atoms with Crippen molar-refractivity contribution >= 4 is 5.91 Å². The zero-order chi connectivity index (χ0) is 15.1. The molecule has 112 valence electrons. The number of nitrogens with one attached hydrogen (secondary N) is 1. The van der Waals surface area contributed by atoms with Crippen LogP contribution in [0.15, 0.2) is 24.3 Å². The summed E-state index contributed by atoms with van der Waals surface area (Å²) in [6.07, 6.45) is 1.43. The normalized spacial score (nSPS) is 13.9. The molecule has 0 aliphatic heterocycles. The van der Waals surface area contributed by atoms with E-state index in [9.17, 15) is 4.79 Å². The van der Waals surface area contributed by atoms with E-state index in [4.69, 9.17) is 10.5 Å². The molecule has 0 saturated heterocycles. The van der Waals surface area contributed by atoms with Crippen LogP contribution in [0, 0.1) is 0 Å². The number of ether oxygens (including phenoxy) is 1. The molecule has 4 nitrogen and oxygen atoms in total. The van der Waals surface area contributed by atoms with Crippen molar-refractivity contribution in [3.8, 4) is 5.75 Å². The number of carbonyl (C=O) groups excluding carboxylic acids is 1. The SMILES string of the molecule is CC(N)CCc1ccc(OC(C)C(=O)NC(C)C)cc1. The molecule has 0 aliphatic rings. The van der Waals surface area contributed by atoms with E-state index in [1.54, 1.807) is 6.92 Å². The number of carbonyl (C=O) groups is 1. The molecule has 20 heavy (non-hydrogen) atoms. The van der Waals surface area contributed by atoms with Gasteiger partial charge in [-0.1, -0.05) is 12.1 Å². The number of benzene rings is 1. The molecule has 1 aromatic carbocycles.